The third-order valence-electron chi connectivity index (χ3n) is 4.65. The van der Waals surface area contributed by atoms with Gasteiger partial charge < -0.3 is 5.32 Å². The van der Waals surface area contributed by atoms with Gasteiger partial charge in [-0.1, -0.05) is 56.5 Å². The summed E-state index contributed by atoms with van der Waals surface area (Å²) in [6.07, 6.45) is 5.02. The van der Waals surface area contributed by atoms with Gasteiger partial charge in [0.15, 0.2) is 0 Å². The van der Waals surface area contributed by atoms with Gasteiger partial charge in [0.05, 0.1) is 0 Å². The fourth-order valence-corrected chi connectivity index (χ4v) is 4.02. The summed E-state index contributed by atoms with van der Waals surface area (Å²) in [7, 11) is 0. The molecule has 2 rings (SSSR count). The number of halogens is 2. The van der Waals surface area contributed by atoms with Gasteiger partial charge >= 0.3 is 0 Å². The summed E-state index contributed by atoms with van der Waals surface area (Å²) < 4.78 is 0. The summed E-state index contributed by atoms with van der Waals surface area (Å²) >= 11 is 12.5. The fourth-order valence-electron chi connectivity index (χ4n) is 3.49. The summed E-state index contributed by atoms with van der Waals surface area (Å²) in [5, 5.41) is 5.21. The Balaban J connectivity index is 2.31. The summed E-state index contributed by atoms with van der Waals surface area (Å²) in [6.45, 7) is 7.99. The van der Waals surface area contributed by atoms with Crippen LogP contribution in [0.4, 0.5) is 0 Å². The van der Waals surface area contributed by atoms with Crippen molar-refractivity contribution in [2.45, 2.75) is 52.5 Å². The lowest BCUT2D eigenvalue weighted by Gasteiger charge is -2.35. The molecule has 0 saturated heterocycles. The highest BCUT2D eigenvalue weighted by atomic mass is 35.5. The molecule has 0 aromatic heterocycles. The molecule has 0 bridgehead atoms. The molecule has 1 N–H and O–H groups in total. The van der Waals surface area contributed by atoms with Gasteiger partial charge in [-0.3, -0.25) is 0 Å². The largest absolute Gasteiger partial charge is 0.310 e. The number of nitrogens with one attached hydrogen (secondary N) is 1. The highest BCUT2D eigenvalue weighted by Crippen LogP contribution is 2.49. The first-order valence-electron chi connectivity index (χ1n) is 7.64. The Labute approximate surface area is 133 Å². The predicted molar refractivity (Wildman–Crippen MR) is 88.6 cm³/mol. The minimum atomic E-state index is 0.331. The molecule has 0 aliphatic heterocycles. The third-order valence-corrected chi connectivity index (χ3v) is 5.22. The van der Waals surface area contributed by atoms with Gasteiger partial charge in [-0.15, -0.1) is 0 Å². The molecular formula is C17H25Cl2N. The zero-order chi connectivity index (χ0) is 14.8. The minimum absolute atomic E-state index is 0.331. The number of hydrogen-bond acceptors (Lipinski definition) is 1. The Morgan fingerprint density at radius 2 is 2.10 bits per heavy atom. The van der Waals surface area contributed by atoms with Gasteiger partial charge in [-0.05, 0) is 54.8 Å². The molecule has 0 spiro atoms. The van der Waals surface area contributed by atoms with Crippen LogP contribution < -0.4 is 5.32 Å². The quantitative estimate of drug-likeness (QED) is 0.717. The zero-order valence-electron chi connectivity index (χ0n) is 12.7. The Bertz CT molecular complexity index is 456. The minimum Gasteiger partial charge on any atom is -0.310 e. The monoisotopic (exact) mass is 313 g/mol. The topological polar surface area (TPSA) is 12.0 Å². The summed E-state index contributed by atoms with van der Waals surface area (Å²) in [4.78, 5) is 0. The maximum atomic E-state index is 6.45. The summed E-state index contributed by atoms with van der Waals surface area (Å²) in [5.41, 5.74) is 1.57. The van der Waals surface area contributed by atoms with E-state index in [0.717, 1.165) is 18.0 Å². The van der Waals surface area contributed by atoms with Crippen molar-refractivity contribution in [3.05, 3.63) is 33.8 Å². The van der Waals surface area contributed by atoms with Crippen LogP contribution in [0.25, 0.3) is 0 Å². The zero-order valence-corrected chi connectivity index (χ0v) is 14.2. The number of rotatable bonds is 5. The van der Waals surface area contributed by atoms with Crippen LogP contribution in [-0.2, 0) is 0 Å². The molecule has 1 aliphatic carbocycles. The average molecular weight is 314 g/mol. The van der Waals surface area contributed by atoms with Crippen LogP contribution in [-0.4, -0.2) is 6.54 Å². The molecule has 112 valence electrons. The lowest BCUT2D eigenvalue weighted by atomic mass is 9.75. The van der Waals surface area contributed by atoms with Crippen molar-refractivity contribution in [2.75, 3.05) is 6.54 Å². The SMILES string of the molecule is CCCNC(c1ccc(Cl)cc1Cl)C1CCCC1(C)C. The van der Waals surface area contributed by atoms with Crippen molar-refractivity contribution >= 4 is 23.2 Å². The van der Waals surface area contributed by atoms with E-state index in [4.69, 9.17) is 23.2 Å². The van der Waals surface area contributed by atoms with Crippen LogP contribution in [0, 0.1) is 11.3 Å². The van der Waals surface area contributed by atoms with E-state index in [2.05, 4.69) is 32.2 Å². The molecule has 2 unspecified atom stereocenters. The van der Waals surface area contributed by atoms with E-state index in [1.165, 1.54) is 24.8 Å². The summed E-state index contributed by atoms with van der Waals surface area (Å²) in [6, 6.07) is 6.23. The van der Waals surface area contributed by atoms with Gasteiger partial charge in [0.2, 0.25) is 0 Å². The van der Waals surface area contributed by atoms with Gasteiger partial charge in [0, 0.05) is 16.1 Å². The molecule has 1 saturated carbocycles. The number of hydrogen-bond donors (Lipinski definition) is 1. The van der Waals surface area contributed by atoms with E-state index in [9.17, 15) is 0 Å². The van der Waals surface area contributed by atoms with E-state index in [1.54, 1.807) is 0 Å². The number of benzene rings is 1. The highest BCUT2D eigenvalue weighted by molar-refractivity contribution is 6.35. The second-order valence-electron chi connectivity index (χ2n) is 6.58. The molecule has 0 radical (unpaired) electrons. The van der Waals surface area contributed by atoms with Crippen LogP contribution in [0.2, 0.25) is 10.0 Å². The van der Waals surface area contributed by atoms with E-state index in [-0.39, 0.29) is 0 Å². The van der Waals surface area contributed by atoms with Crippen molar-refractivity contribution < 1.29 is 0 Å². The lowest BCUT2D eigenvalue weighted by molar-refractivity contribution is 0.198. The Kier molecular flexibility index (Phi) is 5.39. The molecule has 1 aromatic carbocycles. The molecule has 0 amide bonds. The fraction of sp³-hybridized carbons (Fsp3) is 0.647. The standard InChI is InChI=1S/C17H25Cl2N/c1-4-10-20-16(14-6-5-9-17(14,2)3)13-8-7-12(18)11-15(13)19/h7-8,11,14,16,20H,4-6,9-10H2,1-3H3. The first-order chi connectivity index (χ1) is 9.45. The van der Waals surface area contributed by atoms with Crippen LogP contribution in [0.15, 0.2) is 18.2 Å². The van der Waals surface area contributed by atoms with E-state index < -0.39 is 0 Å². The molecule has 0 heterocycles. The first-order valence-corrected chi connectivity index (χ1v) is 8.39. The molecule has 2 atom stereocenters. The Hall–Kier alpha value is -0.240. The average Bonchev–Trinajstić information content (AvgIpc) is 2.72. The predicted octanol–water partition coefficient (Wildman–Crippen LogP) is 5.86. The Morgan fingerprint density at radius 3 is 2.65 bits per heavy atom. The Morgan fingerprint density at radius 1 is 1.35 bits per heavy atom. The molecule has 1 nitrogen and oxygen atoms in total. The maximum Gasteiger partial charge on any atom is 0.0468 e. The molecule has 3 heteroatoms. The second-order valence-corrected chi connectivity index (χ2v) is 7.43. The molecular weight excluding hydrogens is 289 g/mol. The second kappa shape index (κ2) is 6.68. The van der Waals surface area contributed by atoms with Gasteiger partial charge in [-0.2, -0.15) is 0 Å². The molecule has 1 aromatic rings. The van der Waals surface area contributed by atoms with Crippen molar-refractivity contribution in [1.29, 1.82) is 0 Å². The molecule has 1 fully saturated rings. The first kappa shape index (κ1) is 16.1. The van der Waals surface area contributed by atoms with Crippen LogP contribution in [0.5, 0.6) is 0 Å². The van der Waals surface area contributed by atoms with Crippen LogP contribution in [0.3, 0.4) is 0 Å². The van der Waals surface area contributed by atoms with Crippen molar-refractivity contribution in [3.8, 4) is 0 Å². The normalized spacial score (nSPS) is 22.9. The van der Waals surface area contributed by atoms with Gasteiger partial charge in [0.1, 0.15) is 0 Å². The van der Waals surface area contributed by atoms with Crippen molar-refractivity contribution in [3.63, 3.8) is 0 Å². The van der Waals surface area contributed by atoms with Gasteiger partial charge in [-0.25, -0.2) is 0 Å². The third kappa shape index (κ3) is 3.50. The van der Waals surface area contributed by atoms with E-state index in [0.29, 0.717) is 22.4 Å². The maximum absolute atomic E-state index is 6.45. The van der Waals surface area contributed by atoms with Crippen LogP contribution in [0.1, 0.15) is 58.1 Å². The van der Waals surface area contributed by atoms with Crippen LogP contribution >= 0.6 is 23.2 Å². The highest BCUT2D eigenvalue weighted by Gasteiger charge is 2.40. The summed E-state index contributed by atoms with van der Waals surface area (Å²) in [5.74, 6) is 0.632. The lowest BCUT2D eigenvalue weighted by Crippen LogP contribution is -2.34. The van der Waals surface area contributed by atoms with Crippen molar-refractivity contribution in [2.24, 2.45) is 11.3 Å². The molecule has 20 heavy (non-hydrogen) atoms. The van der Waals surface area contributed by atoms with E-state index in [1.807, 2.05) is 12.1 Å². The molecule has 1 aliphatic rings. The van der Waals surface area contributed by atoms with E-state index >= 15 is 0 Å². The smallest absolute Gasteiger partial charge is 0.0468 e. The van der Waals surface area contributed by atoms with Crippen molar-refractivity contribution in [1.82, 2.24) is 5.32 Å². The van der Waals surface area contributed by atoms with Gasteiger partial charge in [0.25, 0.3) is 0 Å².